The highest BCUT2D eigenvalue weighted by Gasteiger charge is 2.15. The standard InChI is InChI=1S/C26H37N7O2/c27-13-15-34-17-18-35-16-14-28-24-31-25(29-22-9-3-1-2-4-10-22)33-26(32-24)30-23-12-11-20-7-5-6-8-21(20)19-23/h5-8,11-12,19,22H,1-4,9-10,13-18,27H2,(H3,28,29,30,31,32,33). The van der Waals surface area contributed by atoms with Gasteiger partial charge >= 0.3 is 0 Å². The second-order valence-corrected chi connectivity index (χ2v) is 8.77. The Balaban J connectivity index is 1.41. The molecule has 0 unspecified atom stereocenters. The second kappa shape index (κ2) is 13.8. The van der Waals surface area contributed by atoms with Crippen LogP contribution >= 0.6 is 0 Å². The van der Waals surface area contributed by atoms with Gasteiger partial charge in [0.15, 0.2) is 0 Å². The number of fused-ring (bicyclic) bond motifs is 1. The monoisotopic (exact) mass is 479 g/mol. The number of nitrogens with zero attached hydrogens (tertiary/aromatic N) is 3. The van der Waals surface area contributed by atoms with Gasteiger partial charge in [0.2, 0.25) is 17.8 Å². The molecule has 0 radical (unpaired) electrons. The van der Waals surface area contributed by atoms with Crippen LogP contribution in [-0.2, 0) is 9.47 Å². The first-order chi connectivity index (χ1) is 17.3. The molecule has 1 aromatic heterocycles. The third-order valence-corrected chi connectivity index (χ3v) is 5.99. The van der Waals surface area contributed by atoms with E-state index in [0.717, 1.165) is 23.9 Å². The van der Waals surface area contributed by atoms with Gasteiger partial charge in [-0.15, -0.1) is 0 Å². The van der Waals surface area contributed by atoms with Crippen LogP contribution in [0.2, 0.25) is 0 Å². The molecule has 3 aromatic rings. The molecule has 0 saturated heterocycles. The van der Waals surface area contributed by atoms with Gasteiger partial charge in [-0.25, -0.2) is 0 Å². The number of benzene rings is 2. The molecule has 5 N–H and O–H groups in total. The quantitative estimate of drug-likeness (QED) is 0.210. The van der Waals surface area contributed by atoms with Gasteiger partial charge in [0.1, 0.15) is 0 Å². The van der Waals surface area contributed by atoms with E-state index in [1.165, 1.54) is 31.1 Å². The molecule has 0 bridgehead atoms. The lowest BCUT2D eigenvalue weighted by Crippen LogP contribution is -2.21. The number of hydrogen-bond donors (Lipinski definition) is 4. The highest BCUT2D eigenvalue weighted by Crippen LogP contribution is 2.23. The predicted molar refractivity (Wildman–Crippen MR) is 141 cm³/mol. The fraction of sp³-hybridized carbons (Fsp3) is 0.500. The molecule has 1 fully saturated rings. The van der Waals surface area contributed by atoms with Crippen LogP contribution in [0.25, 0.3) is 10.8 Å². The highest BCUT2D eigenvalue weighted by molar-refractivity contribution is 5.86. The summed E-state index contributed by atoms with van der Waals surface area (Å²) in [6.07, 6.45) is 7.36. The summed E-state index contributed by atoms with van der Waals surface area (Å²) in [6, 6.07) is 14.9. The number of ether oxygens (including phenoxy) is 2. The number of hydrogen-bond acceptors (Lipinski definition) is 9. The van der Waals surface area contributed by atoms with E-state index in [1.807, 2.05) is 18.2 Å². The van der Waals surface area contributed by atoms with Crippen LogP contribution in [0.3, 0.4) is 0 Å². The third kappa shape index (κ3) is 8.31. The SMILES string of the molecule is NCCOCCOCCNc1nc(Nc2ccc3ccccc3c2)nc(NC2CCCCCC2)n1. The maximum absolute atomic E-state index is 5.60. The van der Waals surface area contributed by atoms with Crippen molar-refractivity contribution in [3.05, 3.63) is 42.5 Å². The fourth-order valence-corrected chi connectivity index (χ4v) is 4.22. The van der Waals surface area contributed by atoms with Crippen LogP contribution in [0.4, 0.5) is 23.5 Å². The van der Waals surface area contributed by atoms with E-state index in [2.05, 4.69) is 55.2 Å². The van der Waals surface area contributed by atoms with Gasteiger partial charge in [-0.2, -0.15) is 15.0 Å². The Morgan fingerprint density at radius 2 is 1.49 bits per heavy atom. The van der Waals surface area contributed by atoms with Crippen molar-refractivity contribution in [3.63, 3.8) is 0 Å². The molecule has 188 valence electrons. The van der Waals surface area contributed by atoms with Gasteiger partial charge < -0.3 is 31.2 Å². The number of nitrogens with one attached hydrogen (secondary N) is 3. The van der Waals surface area contributed by atoms with Crippen LogP contribution in [0.1, 0.15) is 38.5 Å². The minimum Gasteiger partial charge on any atom is -0.378 e. The topological polar surface area (TPSA) is 119 Å². The van der Waals surface area contributed by atoms with E-state index in [-0.39, 0.29) is 0 Å². The first-order valence-electron chi connectivity index (χ1n) is 12.7. The largest absolute Gasteiger partial charge is 0.378 e. The van der Waals surface area contributed by atoms with E-state index in [9.17, 15) is 0 Å². The first-order valence-corrected chi connectivity index (χ1v) is 12.7. The second-order valence-electron chi connectivity index (χ2n) is 8.77. The van der Waals surface area contributed by atoms with Crippen molar-refractivity contribution in [2.24, 2.45) is 5.73 Å². The third-order valence-electron chi connectivity index (χ3n) is 5.99. The van der Waals surface area contributed by atoms with Gasteiger partial charge in [0.05, 0.1) is 26.4 Å². The summed E-state index contributed by atoms with van der Waals surface area (Å²) in [7, 11) is 0. The molecule has 35 heavy (non-hydrogen) atoms. The molecule has 0 spiro atoms. The van der Waals surface area contributed by atoms with Crippen molar-refractivity contribution in [3.8, 4) is 0 Å². The van der Waals surface area contributed by atoms with Gasteiger partial charge in [-0.05, 0) is 35.7 Å². The summed E-state index contributed by atoms with van der Waals surface area (Å²) in [6.45, 7) is 3.25. The zero-order chi connectivity index (χ0) is 24.1. The molecule has 1 saturated carbocycles. The van der Waals surface area contributed by atoms with Crippen molar-refractivity contribution in [1.82, 2.24) is 15.0 Å². The van der Waals surface area contributed by atoms with E-state index >= 15 is 0 Å². The van der Waals surface area contributed by atoms with Crippen LogP contribution in [0, 0.1) is 0 Å². The van der Waals surface area contributed by atoms with Crippen molar-refractivity contribution >= 4 is 34.3 Å². The van der Waals surface area contributed by atoms with Crippen molar-refractivity contribution in [2.75, 3.05) is 55.5 Å². The molecule has 9 heteroatoms. The molecule has 1 aliphatic rings. The summed E-state index contributed by atoms with van der Waals surface area (Å²) in [5.41, 5.74) is 6.35. The summed E-state index contributed by atoms with van der Waals surface area (Å²) >= 11 is 0. The first kappa shape index (κ1) is 25.1. The minimum atomic E-state index is 0.387. The van der Waals surface area contributed by atoms with Crippen LogP contribution < -0.4 is 21.7 Å². The van der Waals surface area contributed by atoms with Gasteiger partial charge in [-0.1, -0.05) is 56.0 Å². The van der Waals surface area contributed by atoms with E-state index in [4.69, 9.17) is 15.2 Å². The molecule has 1 aliphatic carbocycles. The molecular weight excluding hydrogens is 442 g/mol. The highest BCUT2D eigenvalue weighted by atomic mass is 16.5. The fourth-order valence-electron chi connectivity index (χ4n) is 4.22. The Morgan fingerprint density at radius 1 is 0.771 bits per heavy atom. The number of anilines is 4. The van der Waals surface area contributed by atoms with Crippen LogP contribution in [0.15, 0.2) is 42.5 Å². The Morgan fingerprint density at radius 3 is 2.29 bits per heavy atom. The number of rotatable bonds is 13. The average Bonchev–Trinajstić information content (AvgIpc) is 3.14. The molecule has 4 rings (SSSR count). The molecule has 1 heterocycles. The van der Waals surface area contributed by atoms with E-state index in [0.29, 0.717) is 63.4 Å². The van der Waals surface area contributed by atoms with Crippen LogP contribution in [-0.4, -0.2) is 60.5 Å². The molecular formula is C26H37N7O2. The normalized spacial score (nSPS) is 14.5. The minimum absolute atomic E-state index is 0.387. The zero-order valence-corrected chi connectivity index (χ0v) is 20.3. The van der Waals surface area contributed by atoms with Crippen LogP contribution in [0.5, 0.6) is 0 Å². The number of nitrogens with two attached hydrogens (primary N) is 1. The van der Waals surface area contributed by atoms with Gasteiger partial charge in [-0.3, -0.25) is 0 Å². The summed E-state index contributed by atoms with van der Waals surface area (Å²) < 4.78 is 10.9. The maximum Gasteiger partial charge on any atom is 0.233 e. The lowest BCUT2D eigenvalue weighted by Gasteiger charge is -2.17. The lowest BCUT2D eigenvalue weighted by molar-refractivity contribution is 0.0547. The average molecular weight is 480 g/mol. The number of aromatic nitrogens is 3. The van der Waals surface area contributed by atoms with Crippen molar-refractivity contribution in [2.45, 2.75) is 44.6 Å². The van der Waals surface area contributed by atoms with Gasteiger partial charge in [0, 0.05) is 24.8 Å². The Kier molecular flexibility index (Phi) is 9.87. The lowest BCUT2D eigenvalue weighted by atomic mass is 10.1. The summed E-state index contributed by atoms with van der Waals surface area (Å²) in [4.78, 5) is 13.9. The summed E-state index contributed by atoms with van der Waals surface area (Å²) in [5.74, 6) is 1.61. The molecule has 0 amide bonds. The van der Waals surface area contributed by atoms with Gasteiger partial charge in [0.25, 0.3) is 0 Å². The molecule has 0 aliphatic heterocycles. The Bertz CT molecular complexity index is 1040. The zero-order valence-electron chi connectivity index (χ0n) is 20.3. The Labute approximate surface area is 207 Å². The van der Waals surface area contributed by atoms with Crippen molar-refractivity contribution in [1.29, 1.82) is 0 Å². The molecule has 2 aromatic carbocycles. The molecule has 0 atom stereocenters. The summed E-state index contributed by atoms with van der Waals surface area (Å²) in [5, 5.41) is 12.5. The maximum atomic E-state index is 5.60. The Hall–Kier alpha value is -3.01. The smallest absolute Gasteiger partial charge is 0.233 e. The van der Waals surface area contributed by atoms with E-state index in [1.54, 1.807) is 0 Å². The molecule has 9 nitrogen and oxygen atoms in total. The predicted octanol–water partition coefficient (Wildman–Crippen LogP) is 4.31. The van der Waals surface area contributed by atoms with E-state index < -0.39 is 0 Å². The van der Waals surface area contributed by atoms with Crippen molar-refractivity contribution < 1.29 is 9.47 Å².